The lowest BCUT2D eigenvalue weighted by Gasteiger charge is -2.08. The smallest absolute Gasteiger partial charge is 0.126 e. The van der Waals surface area contributed by atoms with Crippen molar-refractivity contribution in [3.05, 3.63) is 59.4 Å². The molecule has 0 heterocycles. The zero-order valence-corrected chi connectivity index (χ0v) is 10.4. The number of methoxy groups -OCH3 is 1. The van der Waals surface area contributed by atoms with E-state index in [1.165, 1.54) is 6.07 Å². The minimum Gasteiger partial charge on any atom is -0.497 e. The summed E-state index contributed by atoms with van der Waals surface area (Å²) in [7, 11) is 1.63. The normalized spacial score (nSPS) is 10.2. The van der Waals surface area contributed by atoms with E-state index in [9.17, 15) is 4.39 Å². The Morgan fingerprint density at radius 1 is 1.06 bits per heavy atom. The summed E-state index contributed by atoms with van der Waals surface area (Å²) in [5.41, 5.74) is 1.59. The Morgan fingerprint density at radius 3 is 2.61 bits per heavy atom. The van der Waals surface area contributed by atoms with Crippen LogP contribution in [0, 0.1) is 12.7 Å². The molecule has 0 atom stereocenters. The first-order chi connectivity index (χ1) is 8.69. The van der Waals surface area contributed by atoms with Crippen molar-refractivity contribution in [2.75, 3.05) is 7.11 Å². The largest absolute Gasteiger partial charge is 0.497 e. The monoisotopic (exact) mass is 246 g/mol. The van der Waals surface area contributed by atoms with Gasteiger partial charge in [-0.25, -0.2) is 4.39 Å². The summed E-state index contributed by atoms with van der Waals surface area (Å²) in [6.45, 7) is 2.15. The fourth-order valence-electron chi connectivity index (χ4n) is 1.64. The van der Waals surface area contributed by atoms with Gasteiger partial charge in [-0.15, -0.1) is 0 Å². The Balaban J connectivity index is 2.04. The third-order valence-corrected chi connectivity index (χ3v) is 2.67. The molecule has 0 saturated heterocycles. The zero-order chi connectivity index (χ0) is 13.0. The first-order valence-electron chi connectivity index (χ1n) is 5.71. The van der Waals surface area contributed by atoms with Crippen LogP contribution in [0.25, 0.3) is 0 Å². The van der Waals surface area contributed by atoms with Crippen molar-refractivity contribution in [2.24, 2.45) is 0 Å². The Hall–Kier alpha value is -2.03. The summed E-state index contributed by atoms with van der Waals surface area (Å²) in [6.07, 6.45) is 0. The van der Waals surface area contributed by atoms with Crippen molar-refractivity contribution in [3.63, 3.8) is 0 Å². The van der Waals surface area contributed by atoms with Crippen LogP contribution in [0.5, 0.6) is 11.5 Å². The molecule has 2 aromatic rings. The molecule has 0 aliphatic rings. The van der Waals surface area contributed by atoms with Crippen molar-refractivity contribution < 1.29 is 13.9 Å². The van der Waals surface area contributed by atoms with Crippen LogP contribution in [-0.4, -0.2) is 7.11 Å². The Labute approximate surface area is 106 Å². The van der Waals surface area contributed by atoms with Crippen LogP contribution in [0.2, 0.25) is 0 Å². The molecule has 2 aromatic carbocycles. The van der Waals surface area contributed by atoms with E-state index in [2.05, 4.69) is 0 Å². The Morgan fingerprint density at radius 2 is 1.89 bits per heavy atom. The molecule has 2 rings (SSSR count). The quantitative estimate of drug-likeness (QED) is 0.818. The summed E-state index contributed by atoms with van der Waals surface area (Å²) in [4.78, 5) is 0. The zero-order valence-electron chi connectivity index (χ0n) is 10.4. The maximum absolute atomic E-state index is 13.1. The second kappa shape index (κ2) is 5.54. The molecule has 0 aromatic heterocycles. The summed E-state index contributed by atoms with van der Waals surface area (Å²) in [5.74, 6) is 1.24. The molecule has 0 fully saturated rings. The number of benzene rings is 2. The van der Waals surface area contributed by atoms with Gasteiger partial charge in [0.1, 0.15) is 23.9 Å². The van der Waals surface area contributed by atoms with Gasteiger partial charge in [0, 0.05) is 0 Å². The molecule has 0 amide bonds. The third kappa shape index (κ3) is 3.00. The van der Waals surface area contributed by atoms with Gasteiger partial charge in [-0.2, -0.15) is 0 Å². The van der Waals surface area contributed by atoms with Crippen LogP contribution in [0.1, 0.15) is 11.1 Å². The van der Waals surface area contributed by atoms with Crippen LogP contribution in [-0.2, 0) is 6.61 Å². The van der Waals surface area contributed by atoms with Crippen molar-refractivity contribution in [1.82, 2.24) is 0 Å². The van der Waals surface area contributed by atoms with E-state index in [1.807, 2.05) is 24.3 Å². The average Bonchev–Trinajstić information content (AvgIpc) is 2.40. The van der Waals surface area contributed by atoms with E-state index >= 15 is 0 Å². The number of aryl methyl sites for hydroxylation is 1. The minimum absolute atomic E-state index is 0.219. The van der Waals surface area contributed by atoms with Gasteiger partial charge < -0.3 is 9.47 Å². The lowest BCUT2D eigenvalue weighted by atomic mass is 10.2. The molecule has 0 aliphatic carbocycles. The van der Waals surface area contributed by atoms with Gasteiger partial charge >= 0.3 is 0 Å². The summed E-state index contributed by atoms with van der Waals surface area (Å²) < 4.78 is 23.8. The van der Waals surface area contributed by atoms with Gasteiger partial charge in [-0.05, 0) is 48.4 Å². The molecule has 18 heavy (non-hydrogen) atoms. The predicted molar refractivity (Wildman–Crippen MR) is 68.5 cm³/mol. The molecule has 0 spiro atoms. The topological polar surface area (TPSA) is 18.5 Å². The highest BCUT2D eigenvalue weighted by Gasteiger charge is 2.01. The van der Waals surface area contributed by atoms with Crippen molar-refractivity contribution in [2.45, 2.75) is 13.5 Å². The molecule has 0 radical (unpaired) electrons. The standard InChI is InChI=1S/C15H15FO2/c1-11-8-14(6-7-15(11)16)18-10-12-4-3-5-13(9-12)17-2/h3-9H,10H2,1-2H3. The van der Waals surface area contributed by atoms with Crippen molar-refractivity contribution >= 4 is 0 Å². The van der Waals surface area contributed by atoms with E-state index in [1.54, 1.807) is 26.2 Å². The molecule has 2 nitrogen and oxygen atoms in total. The van der Waals surface area contributed by atoms with Crippen molar-refractivity contribution in [3.8, 4) is 11.5 Å². The van der Waals surface area contributed by atoms with Crippen LogP contribution >= 0.6 is 0 Å². The number of halogens is 1. The molecule has 0 N–H and O–H groups in total. The van der Waals surface area contributed by atoms with Gasteiger partial charge in [-0.1, -0.05) is 12.1 Å². The second-order valence-electron chi connectivity index (χ2n) is 4.05. The maximum atomic E-state index is 13.1. The Bertz CT molecular complexity index is 538. The molecule has 3 heteroatoms. The molecule has 0 aliphatic heterocycles. The summed E-state index contributed by atoms with van der Waals surface area (Å²) in [5, 5.41) is 0. The fourth-order valence-corrected chi connectivity index (χ4v) is 1.64. The average molecular weight is 246 g/mol. The fraction of sp³-hybridized carbons (Fsp3) is 0.200. The third-order valence-electron chi connectivity index (χ3n) is 2.67. The summed E-state index contributed by atoms with van der Waals surface area (Å²) in [6, 6.07) is 12.4. The van der Waals surface area contributed by atoms with Crippen LogP contribution < -0.4 is 9.47 Å². The molecule has 0 unspecified atom stereocenters. The van der Waals surface area contributed by atoms with E-state index in [-0.39, 0.29) is 5.82 Å². The second-order valence-corrected chi connectivity index (χ2v) is 4.05. The molecule has 94 valence electrons. The van der Waals surface area contributed by atoms with E-state index < -0.39 is 0 Å². The Kier molecular flexibility index (Phi) is 3.82. The maximum Gasteiger partial charge on any atom is 0.126 e. The predicted octanol–water partition coefficient (Wildman–Crippen LogP) is 3.72. The highest BCUT2D eigenvalue weighted by Crippen LogP contribution is 2.18. The first-order valence-corrected chi connectivity index (χ1v) is 5.71. The van der Waals surface area contributed by atoms with Gasteiger partial charge in [0.05, 0.1) is 7.11 Å². The van der Waals surface area contributed by atoms with Gasteiger partial charge in [0.15, 0.2) is 0 Å². The highest BCUT2D eigenvalue weighted by atomic mass is 19.1. The van der Waals surface area contributed by atoms with E-state index in [4.69, 9.17) is 9.47 Å². The van der Waals surface area contributed by atoms with Crippen molar-refractivity contribution in [1.29, 1.82) is 0 Å². The van der Waals surface area contributed by atoms with Gasteiger partial charge in [0.25, 0.3) is 0 Å². The van der Waals surface area contributed by atoms with Crippen LogP contribution in [0.4, 0.5) is 4.39 Å². The number of rotatable bonds is 4. The van der Waals surface area contributed by atoms with E-state index in [0.717, 1.165) is 11.3 Å². The summed E-state index contributed by atoms with van der Waals surface area (Å²) >= 11 is 0. The van der Waals surface area contributed by atoms with Gasteiger partial charge in [-0.3, -0.25) is 0 Å². The van der Waals surface area contributed by atoms with Crippen LogP contribution in [0.15, 0.2) is 42.5 Å². The lowest BCUT2D eigenvalue weighted by Crippen LogP contribution is -1.96. The molecular weight excluding hydrogens is 231 g/mol. The first kappa shape index (κ1) is 12.4. The number of hydrogen-bond donors (Lipinski definition) is 0. The van der Waals surface area contributed by atoms with Gasteiger partial charge in [0.2, 0.25) is 0 Å². The molecule has 0 saturated carbocycles. The van der Waals surface area contributed by atoms with Crippen LogP contribution in [0.3, 0.4) is 0 Å². The minimum atomic E-state index is -0.219. The SMILES string of the molecule is COc1cccc(COc2ccc(F)c(C)c2)c1. The number of hydrogen-bond acceptors (Lipinski definition) is 2. The lowest BCUT2D eigenvalue weighted by molar-refractivity contribution is 0.304. The van der Waals surface area contributed by atoms with E-state index in [0.29, 0.717) is 17.9 Å². The molecule has 0 bridgehead atoms. The highest BCUT2D eigenvalue weighted by molar-refractivity contribution is 5.31. The molecular formula is C15H15FO2. The number of ether oxygens (including phenoxy) is 2.